The third-order valence-electron chi connectivity index (χ3n) is 3.90. The largest absolute Gasteiger partial charge is 0.459 e. The summed E-state index contributed by atoms with van der Waals surface area (Å²) in [7, 11) is 0. The van der Waals surface area contributed by atoms with Crippen LogP contribution in [0.5, 0.6) is 0 Å². The molecule has 0 saturated carbocycles. The number of aromatic nitrogens is 2. The number of hydrogen-bond donors (Lipinski definition) is 0. The van der Waals surface area contributed by atoms with Gasteiger partial charge in [-0.15, -0.1) is 0 Å². The molecule has 1 fully saturated rings. The Morgan fingerprint density at radius 2 is 2.39 bits per heavy atom. The smallest absolute Gasteiger partial charge is 0.338 e. The van der Waals surface area contributed by atoms with E-state index >= 15 is 0 Å². The lowest BCUT2D eigenvalue weighted by Crippen LogP contribution is -2.45. The predicted molar refractivity (Wildman–Crippen MR) is 86.5 cm³/mol. The second kappa shape index (κ2) is 7.10. The Hall–Kier alpha value is -1.92. The van der Waals surface area contributed by atoms with Crippen LogP contribution in [0.25, 0.3) is 5.52 Å². The molecular weight excluding hydrogens is 294 g/mol. The zero-order valence-corrected chi connectivity index (χ0v) is 13.6. The van der Waals surface area contributed by atoms with Crippen LogP contribution in [0.15, 0.2) is 30.9 Å². The number of fused-ring (bicyclic) bond motifs is 1. The summed E-state index contributed by atoms with van der Waals surface area (Å²) in [6.07, 6.45) is 5.17. The molecule has 1 aliphatic heterocycles. The van der Waals surface area contributed by atoms with Gasteiger partial charge in [-0.05, 0) is 18.1 Å². The van der Waals surface area contributed by atoms with Gasteiger partial charge in [0.05, 0.1) is 30.2 Å². The molecule has 0 unspecified atom stereocenters. The number of carbonyl (C=O) groups excluding carboxylic acids is 1. The summed E-state index contributed by atoms with van der Waals surface area (Å²) >= 11 is 0. The molecule has 1 atom stereocenters. The van der Waals surface area contributed by atoms with Crippen LogP contribution in [0.1, 0.15) is 24.2 Å². The van der Waals surface area contributed by atoms with Crippen LogP contribution < -0.4 is 0 Å². The zero-order chi connectivity index (χ0) is 16.2. The van der Waals surface area contributed by atoms with Crippen LogP contribution in [0, 0.1) is 5.92 Å². The van der Waals surface area contributed by atoms with Crippen molar-refractivity contribution in [2.75, 3.05) is 32.8 Å². The Kier molecular flexibility index (Phi) is 4.93. The van der Waals surface area contributed by atoms with Gasteiger partial charge in [0.1, 0.15) is 12.7 Å². The first-order chi connectivity index (χ1) is 11.1. The molecule has 0 bridgehead atoms. The highest BCUT2D eigenvalue weighted by atomic mass is 16.6. The molecule has 124 valence electrons. The van der Waals surface area contributed by atoms with Crippen LogP contribution in [-0.2, 0) is 9.47 Å². The van der Waals surface area contributed by atoms with E-state index in [0.717, 1.165) is 25.2 Å². The predicted octanol–water partition coefficient (Wildman–Crippen LogP) is 1.85. The van der Waals surface area contributed by atoms with E-state index in [-0.39, 0.29) is 18.7 Å². The summed E-state index contributed by atoms with van der Waals surface area (Å²) in [6.45, 7) is 8.20. The highest BCUT2D eigenvalue weighted by molar-refractivity contribution is 5.90. The van der Waals surface area contributed by atoms with Gasteiger partial charge in [0.15, 0.2) is 0 Å². The van der Waals surface area contributed by atoms with E-state index < -0.39 is 0 Å². The third kappa shape index (κ3) is 4.09. The minimum atomic E-state index is -0.321. The van der Waals surface area contributed by atoms with Gasteiger partial charge in [-0.25, -0.2) is 9.78 Å². The minimum absolute atomic E-state index is 0.0508. The maximum absolute atomic E-state index is 12.2. The average molecular weight is 317 g/mol. The molecule has 0 aliphatic carbocycles. The monoisotopic (exact) mass is 317 g/mol. The van der Waals surface area contributed by atoms with Crippen molar-refractivity contribution in [3.05, 3.63) is 36.4 Å². The number of nitrogens with zero attached hydrogens (tertiary/aromatic N) is 3. The number of morpholine rings is 1. The van der Waals surface area contributed by atoms with Gasteiger partial charge in [0.2, 0.25) is 0 Å². The van der Waals surface area contributed by atoms with Gasteiger partial charge in [0.25, 0.3) is 0 Å². The van der Waals surface area contributed by atoms with Crippen LogP contribution in [0.3, 0.4) is 0 Å². The summed E-state index contributed by atoms with van der Waals surface area (Å²) in [6, 6.07) is 3.52. The quantitative estimate of drug-likeness (QED) is 0.788. The SMILES string of the molecule is CC(C)CN1CCO[C@H](COC(=O)c2ccn3cncc3c2)C1. The molecule has 0 radical (unpaired) electrons. The van der Waals surface area contributed by atoms with E-state index in [4.69, 9.17) is 9.47 Å². The second-order valence-electron chi connectivity index (χ2n) is 6.39. The van der Waals surface area contributed by atoms with Crippen molar-refractivity contribution < 1.29 is 14.3 Å². The van der Waals surface area contributed by atoms with E-state index in [2.05, 4.69) is 23.7 Å². The standard InChI is InChI=1S/C17H23N3O3/c1-13(2)9-19-5-6-22-16(10-19)11-23-17(21)14-3-4-20-12-18-8-15(20)7-14/h3-4,7-8,12-13,16H,5-6,9-11H2,1-2H3/t16-/m0/s1. The first kappa shape index (κ1) is 16.0. The van der Waals surface area contributed by atoms with E-state index in [9.17, 15) is 4.79 Å². The Balaban J connectivity index is 1.53. The average Bonchev–Trinajstić information content (AvgIpc) is 3.00. The molecule has 6 nitrogen and oxygen atoms in total. The van der Waals surface area contributed by atoms with Crippen LogP contribution in [-0.4, -0.2) is 59.2 Å². The highest BCUT2D eigenvalue weighted by Crippen LogP contribution is 2.11. The number of carbonyl (C=O) groups is 1. The van der Waals surface area contributed by atoms with Crippen LogP contribution in [0.2, 0.25) is 0 Å². The Morgan fingerprint density at radius 3 is 3.22 bits per heavy atom. The molecule has 3 rings (SSSR count). The summed E-state index contributed by atoms with van der Waals surface area (Å²) in [5, 5.41) is 0. The van der Waals surface area contributed by atoms with E-state index in [0.29, 0.717) is 18.1 Å². The molecule has 6 heteroatoms. The first-order valence-electron chi connectivity index (χ1n) is 8.04. The number of imidazole rings is 1. The van der Waals surface area contributed by atoms with Gasteiger partial charge in [-0.3, -0.25) is 4.90 Å². The second-order valence-corrected chi connectivity index (χ2v) is 6.39. The third-order valence-corrected chi connectivity index (χ3v) is 3.90. The maximum Gasteiger partial charge on any atom is 0.338 e. The van der Waals surface area contributed by atoms with Crippen LogP contribution in [0.4, 0.5) is 0 Å². The maximum atomic E-state index is 12.2. The summed E-state index contributed by atoms with van der Waals surface area (Å²) in [4.78, 5) is 18.6. The fourth-order valence-corrected chi connectivity index (χ4v) is 2.86. The molecule has 0 amide bonds. The van der Waals surface area contributed by atoms with Crippen molar-refractivity contribution in [2.24, 2.45) is 5.92 Å². The van der Waals surface area contributed by atoms with Crippen molar-refractivity contribution in [1.82, 2.24) is 14.3 Å². The molecule has 0 spiro atoms. The van der Waals surface area contributed by atoms with Gasteiger partial charge in [0, 0.05) is 25.8 Å². The number of ether oxygens (including phenoxy) is 2. The summed E-state index contributed by atoms with van der Waals surface area (Å²) < 4.78 is 13.0. The normalized spacial score (nSPS) is 19.3. The molecular formula is C17H23N3O3. The molecule has 23 heavy (non-hydrogen) atoms. The topological polar surface area (TPSA) is 56.1 Å². The van der Waals surface area contributed by atoms with Gasteiger partial charge < -0.3 is 13.9 Å². The zero-order valence-electron chi connectivity index (χ0n) is 13.6. The molecule has 2 aromatic rings. The van der Waals surface area contributed by atoms with Crippen molar-refractivity contribution in [3.63, 3.8) is 0 Å². The van der Waals surface area contributed by atoms with Crippen molar-refractivity contribution in [2.45, 2.75) is 20.0 Å². The minimum Gasteiger partial charge on any atom is -0.459 e. The fraction of sp³-hybridized carbons (Fsp3) is 0.529. The lowest BCUT2D eigenvalue weighted by Gasteiger charge is -2.33. The molecule has 3 heterocycles. The number of pyridine rings is 1. The number of hydrogen-bond acceptors (Lipinski definition) is 5. The fourth-order valence-electron chi connectivity index (χ4n) is 2.86. The van der Waals surface area contributed by atoms with Crippen molar-refractivity contribution >= 4 is 11.5 Å². The van der Waals surface area contributed by atoms with Crippen molar-refractivity contribution in [1.29, 1.82) is 0 Å². The summed E-state index contributed by atoms with van der Waals surface area (Å²) in [5.74, 6) is 0.303. The molecule has 0 N–H and O–H groups in total. The molecule has 1 aliphatic rings. The lowest BCUT2D eigenvalue weighted by molar-refractivity contribution is -0.0612. The Labute approximate surface area is 136 Å². The van der Waals surface area contributed by atoms with E-state index in [1.54, 1.807) is 30.9 Å². The summed E-state index contributed by atoms with van der Waals surface area (Å²) in [5.41, 5.74) is 1.41. The van der Waals surface area contributed by atoms with Gasteiger partial charge in [-0.2, -0.15) is 0 Å². The molecule has 1 saturated heterocycles. The lowest BCUT2D eigenvalue weighted by atomic mass is 10.2. The Morgan fingerprint density at radius 1 is 1.52 bits per heavy atom. The van der Waals surface area contributed by atoms with Gasteiger partial charge in [-0.1, -0.05) is 13.8 Å². The number of esters is 1. The molecule has 0 aromatic carbocycles. The van der Waals surface area contributed by atoms with E-state index in [1.165, 1.54) is 0 Å². The van der Waals surface area contributed by atoms with Crippen molar-refractivity contribution in [3.8, 4) is 0 Å². The Bertz CT molecular complexity index is 668. The first-order valence-corrected chi connectivity index (χ1v) is 8.04. The van der Waals surface area contributed by atoms with Crippen LogP contribution >= 0.6 is 0 Å². The number of rotatable bonds is 5. The van der Waals surface area contributed by atoms with E-state index in [1.807, 2.05) is 4.40 Å². The molecule has 2 aromatic heterocycles. The highest BCUT2D eigenvalue weighted by Gasteiger charge is 2.22. The van der Waals surface area contributed by atoms with Gasteiger partial charge >= 0.3 is 5.97 Å².